The van der Waals surface area contributed by atoms with E-state index in [0.717, 1.165) is 19.4 Å². The molecule has 0 aromatic carbocycles. The summed E-state index contributed by atoms with van der Waals surface area (Å²) >= 11 is 0. The van der Waals surface area contributed by atoms with Gasteiger partial charge in [0.1, 0.15) is 4.90 Å². The molecule has 0 radical (unpaired) electrons. The highest BCUT2D eigenvalue weighted by atomic mass is 32.2. The van der Waals surface area contributed by atoms with E-state index in [2.05, 4.69) is 15.1 Å². The molecule has 2 N–H and O–H groups in total. The summed E-state index contributed by atoms with van der Waals surface area (Å²) in [4.78, 5) is 0.245. The third-order valence-corrected chi connectivity index (χ3v) is 4.51. The van der Waals surface area contributed by atoms with Crippen LogP contribution >= 0.6 is 0 Å². The number of hydrogen-bond acceptors (Lipinski definition) is 4. The smallest absolute Gasteiger partial charge is 0.243 e. The maximum absolute atomic E-state index is 11.9. The van der Waals surface area contributed by atoms with Gasteiger partial charge in [0.25, 0.3) is 0 Å². The number of unbranched alkanes of at least 4 members (excludes halogenated alkanes) is 1. The van der Waals surface area contributed by atoms with E-state index in [9.17, 15) is 8.42 Å². The molecule has 108 valence electrons. The third-order valence-electron chi connectivity index (χ3n) is 3.09. The minimum atomic E-state index is -3.39. The maximum atomic E-state index is 11.9. The summed E-state index contributed by atoms with van der Waals surface area (Å²) in [5.41, 5.74) is 0. The predicted molar refractivity (Wildman–Crippen MR) is 73.3 cm³/mol. The van der Waals surface area contributed by atoms with Crippen LogP contribution < -0.4 is 10.0 Å². The number of hydrogen-bond donors (Lipinski definition) is 2. The van der Waals surface area contributed by atoms with Gasteiger partial charge in [0.05, 0.1) is 12.7 Å². The normalized spacial score (nSPS) is 15.8. The molecule has 7 heteroatoms. The third kappa shape index (κ3) is 4.59. The van der Waals surface area contributed by atoms with Crippen molar-refractivity contribution in [2.75, 3.05) is 13.1 Å². The van der Waals surface area contributed by atoms with Gasteiger partial charge in [0, 0.05) is 25.3 Å². The largest absolute Gasteiger partial charge is 0.312 e. The van der Waals surface area contributed by atoms with Gasteiger partial charge in [-0.3, -0.25) is 4.68 Å². The topological polar surface area (TPSA) is 76.0 Å². The Morgan fingerprint density at radius 1 is 1.42 bits per heavy atom. The molecule has 0 atom stereocenters. The standard InChI is InChI=1S/C12H22N4O2S/c1-2-3-6-15-19(17,18)12-9-14-16(10-12)8-7-13-11-4-5-11/h9-11,13,15H,2-8H2,1H3. The van der Waals surface area contributed by atoms with Crippen molar-refractivity contribution in [3.8, 4) is 0 Å². The van der Waals surface area contributed by atoms with Crippen LogP contribution in [0.4, 0.5) is 0 Å². The monoisotopic (exact) mass is 286 g/mol. The van der Waals surface area contributed by atoms with Crippen LogP contribution in [0.1, 0.15) is 32.6 Å². The Bertz CT molecular complexity index is 494. The van der Waals surface area contributed by atoms with Crippen molar-refractivity contribution in [3.05, 3.63) is 12.4 Å². The highest BCUT2D eigenvalue weighted by Gasteiger charge is 2.20. The summed E-state index contributed by atoms with van der Waals surface area (Å²) in [6.45, 7) is 4.03. The van der Waals surface area contributed by atoms with E-state index in [-0.39, 0.29) is 4.90 Å². The fourth-order valence-corrected chi connectivity index (χ4v) is 2.77. The van der Waals surface area contributed by atoms with Crippen molar-refractivity contribution in [3.63, 3.8) is 0 Å². The van der Waals surface area contributed by atoms with Crippen molar-refractivity contribution >= 4 is 10.0 Å². The summed E-state index contributed by atoms with van der Waals surface area (Å²) < 4.78 is 28.1. The molecule has 1 aliphatic rings. The Labute approximate surface area is 114 Å². The number of rotatable bonds is 9. The van der Waals surface area contributed by atoms with Crippen molar-refractivity contribution in [2.24, 2.45) is 0 Å². The molecule has 0 saturated heterocycles. The van der Waals surface area contributed by atoms with Gasteiger partial charge in [0.15, 0.2) is 0 Å². The lowest BCUT2D eigenvalue weighted by molar-refractivity contribution is 0.551. The van der Waals surface area contributed by atoms with E-state index in [4.69, 9.17) is 0 Å². The van der Waals surface area contributed by atoms with Gasteiger partial charge in [-0.05, 0) is 19.3 Å². The van der Waals surface area contributed by atoms with Crippen LogP contribution in [-0.4, -0.2) is 37.3 Å². The van der Waals surface area contributed by atoms with Crippen LogP contribution in [0.2, 0.25) is 0 Å². The molecule has 19 heavy (non-hydrogen) atoms. The second-order valence-electron chi connectivity index (χ2n) is 4.92. The van der Waals surface area contributed by atoms with E-state index in [0.29, 0.717) is 19.1 Å². The molecule has 0 unspecified atom stereocenters. The van der Waals surface area contributed by atoms with Crippen LogP contribution in [0.3, 0.4) is 0 Å². The minimum absolute atomic E-state index is 0.245. The first-order chi connectivity index (χ1) is 9.12. The van der Waals surface area contributed by atoms with E-state index in [1.54, 1.807) is 10.9 Å². The van der Waals surface area contributed by atoms with Crippen LogP contribution in [0.15, 0.2) is 17.3 Å². The van der Waals surface area contributed by atoms with Crippen LogP contribution in [0, 0.1) is 0 Å². The van der Waals surface area contributed by atoms with Gasteiger partial charge < -0.3 is 5.32 Å². The summed E-state index contributed by atoms with van der Waals surface area (Å²) in [6.07, 6.45) is 7.31. The number of nitrogens with one attached hydrogen (secondary N) is 2. The lowest BCUT2D eigenvalue weighted by Crippen LogP contribution is -2.24. The molecule has 0 bridgehead atoms. The highest BCUT2D eigenvalue weighted by Crippen LogP contribution is 2.18. The van der Waals surface area contributed by atoms with Crippen LogP contribution in [0.5, 0.6) is 0 Å². The van der Waals surface area contributed by atoms with E-state index in [1.165, 1.54) is 19.0 Å². The minimum Gasteiger partial charge on any atom is -0.312 e. The Morgan fingerprint density at radius 2 is 2.21 bits per heavy atom. The molecule has 1 fully saturated rings. The molecule has 1 aliphatic carbocycles. The molecule has 2 rings (SSSR count). The SMILES string of the molecule is CCCCNS(=O)(=O)c1cnn(CCNC2CC2)c1. The summed E-state index contributed by atoms with van der Waals surface area (Å²) in [7, 11) is -3.39. The summed E-state index contributed by atoms with van der Waals surface area (Å²) in [6, 6.07) is 0.662. The zero-order chi connectivity index (χ0) is 13.7. The first-order valence-electron chi connectivity index (χ1n) is 6.87. The number of aromatic nitrogens is 2. The zero-order valence-electron chi connectivity index (χ0n) is 11.3. The lowest BCUT2D eigenvalue weighted by Gasteiger charge is -2.04. The molecule has 0 spiro atoms. The molecule has 1 aromatic rings. The molecule has 6 nitrogen and oxygen atoms in total. The number of nitrogens with zero attached hydrogens (tertiary/aromatic N) is 2. The maximum Gasteiger partial charge on any atom is 0.243 e. The first-order valence-corrected chi connectivity index (χ1v) is 8.35. The van der Waals surface area contributed by atoms with E-state index >= 15 is 0 Å². The average Bonchev–Trinajstić information content (AvgIpc) is 3.05. The van der Waals surface area contributed by atoms with Crippen LogP contribution in [-0.2, 0) is 16.6 Å². The molecule has 0 amide bonds. The van der Waals surface area contributed by atoms with Gasteiger partial charge in [0.2, 0.25) is 10.0 Å². The Morgan fingerprint density at radius 3 is 2.89 bits per heavy atom. The van der Waals surface area contributed by atoms with E-state index in [1.807, 2.05) is 6.92 Å². The van der Waals surface area contributed by atoms with Gasteiger partial charge in [-0.15, -0.1) is 0 Å². The van der Waals surface area contributed by atoms with Crippen molar-refractivity contribution in [2.45, 2.75) is 50.1 Å². The second kappa shape index (κ2) is 6.49. The first kappa shape index (κ1) is 14.5. The highest BCUT2D eigenvalue weighted by molar-refractivity contribution is 7.89. The molecule has 0 aliphatic heterocycles. The summed E-state index contributed by atoms with van der Waals surface area (Å²) in [5, 5.41) is 7.45. The van der Waals surface area contributed by atoms with Gasteiger partial charge >= 0.3 is 0 Å². The fourth-order valence-electron chi connectivity index (χ4n) is 1.74. The number of sulfonamides is 1. The lowest BCUT2D eigenvalue weighted by atomic mass is 10.3. The van der Waals surface area contributed by atoms with Gasteiger partial charge in [-0.1, -0.05) is 13.3 Å². The quantitative estimate of drug-likeness (QED) is 0.656. The van der Waals surface area contributed by atoms with E-state index < -0.39 is 10.0 Å². The molecule has 1 aromatic heterocycles. The average molecular weight is 286 g/mol. The van der Waals surface area contributed by atoms with Crippen LogP contribution in [0.25, 0.3) is 0 Å². The second-order valence-corrected chi connectivity index (χ2v) is 6.69. The molecule has 1 saturated carbocycles. The van der Waals surface area contributed by atoms with Gasteiger partial charge in [-0.25, -0.2) is 13.1 Å². The van der Waals surface area contributed by atoms with Crippen molar-refractivity contribution in [1.82, 2.24) is 19.8 Å². The summed E-state index contributed by atoms with van der Waals surface area (Å²) in [5.74, 6) is 0. The predicted octanol–water partition coefficient (Wildman–Crippen LogP) is 0.714. The Kier molecular flexibility index (Phi) is 4.95. The Balaban J connectivity index is 1.83. The molecule has 1 heterocycles. The fraction of sp³-hybridized carbons (Fsp3) is 0.750. The van der Waals surface area contributed by atoms with Gasteiger partial charge in [-0.2, -0.15) is 5.10 Å². The van der Waals surface area contributed by atoms with Crippen molar-refractivity contribution < 1.29 is 8.42 Å². The van der Waals surface area contributed by atoms with Crippen molar-refractivity contribution in [1.29, 1.82) is 0 Å². The molecular formula is C12H22N4O2S. The molecular weight excluding hydrogens is 264 g/mol. The zero-order valence-corrected chi connectivity index (χ0v) is 12.1. The Hall–Kier alpha value is -0.920.